The Morgan fingerprint density at radius 1 is 1.21 bits per heavy atom. The van der Waals surface area contributed by atoms with Crippen LogP contribution in [0.2, 0.25) is 0 Å². The molecule has 0 saturated carbocycles. The summed E-state index contributed by atoms with van der Waals surface area (Å²) in [6.07, 6.45) is 5.61. The summed E-state index contributed by atoms with van der Waals surface area (Å²) in [6.45, 7) is 3.60. The zero-order chi connectivity index (χ0) is 20.8. The van der Waals surface area contributed by atoms with Crippen molar-refractivity contribution in [2.45, 2.75) is 38.4 Å². The smallest absolute Gasteiger partial charge is 0.274 e. The molecule has 0 N–H and O–H groups in total. The van der Waals surface area contributed by atoms with Crippen LogP contribution in [0.15, 0.2) is 18.5 Å². The lowest BCUT2D eigenvalue weighted by atomic mass is 9.83. The number of aromatic nitrogens is 3. The van der Waals surface area contributed by atoms with Crippen LogP contribution in [0.4, 0.5) is 0 Å². The summed E-state index contributed by atoms with van der Waals surface area (Å²) in [5, 5.41) is 4.46. The molecule has 0 aliphatic carbocycles. The van der Waals surface area contributed by atoms with Crippen LogP contribution < -0.4 is 0 Å². The Bertz CT molecular complexity index is 957. The number of piperidine rings is 1. The molecule has 1 saturated heterocycles. The van der Waals surface area contributed by atoms with Crippen LogP contribution in [0, 0.1) is 6.92 Å². The number of nitrogens with zero attached hydrogens (tertiary/aromatic N) is 5. The second-order valence-electron chi connectivity index (χ2n) is 8.29. The monoisotopic (exact) mass is 397 g/mol. The van der Waals surface area contributed by atoms with Gasteiger partial charge in [-0.2, -0.15) is 5.10 Å². The molecule has 0 aromatic carbocycles. The minimum Gasteiger partial charge on any atom is -0.370 e. The molecule has 29 heavy (non-hydrogen) atoms. The van der Waals surface area contributed by atoms with Crippen LogP contribution in [0.1, 0.15) is 50.5 Å². The van der Waals surface area contributed by atoms with Gasteiger partial charge in [0.15, 0.2) is 5.69 Å². The Hall–Kier alpha value is -2.74. The number of hydrogen-bond acceptors (Lipinski definition) is 5. The van der Waals surface area contributed by atoms with Crippen LogP contribution in [0.5, 0.6) is 0 Å². The summed E-state index contributed by atoms with van der Waals surface area (Å²) in [7, 11) is 5.34. The second kappa shape index (κ2) is 7.26. The summed E-state index contributed by atoms with van der Waals surface area (Å²) >= 11 is 0. The molecule has 1 spiro atoms. The minimum absolute atomic E-state index is 0.0203. The Balaban J connectivity index is 1.48. The van der Waals surface area contributed by atoms with E-state index >= 15 is 0 Å². The number of amides is 2. The molecule has 0 atom stereocenters. The van der Waals surface area contributed by atoms with E-state index < -0.39 is 0 Å². The van der Waals surface area contributed by atoms with Gasteiger partial charge in [0.05, 0.1) is 17.8 Å². The lowest BCUT2D eigenvalue weighted by Gasteiger charge is -2.43. The highest BCUT2D eigenvalue weighted by Gasteiger charge is 2.42. The molecule has 2 aliphatic rings. The molecule has 4 rings (SSSR count). The van der Waals surface area contributed by atoms with Crippen LogP contribution in [-0.4, -0.2) is 69.2 Å². The summed E-state index contributed by atoms with van der Waals surface area (Å²) in [5.74, 6) is -0.0828. The fourth-order valence-electron chi connectivity index (χ4n) is 4.23. The summed E-state index contributed by atoms with van der Waals surface area (Å²) < 4.78 is 8.11. The van der Waals surface area contributed by atoms with Crippen LogP contribution in [-0.2, 0) is 24.8 Å². The number of hydrogen-bond donors (Lipinski definition) is 0. The Morgan fingerprint density at radius 2 is 1.93 bits per heavy atom. The first-order valence-electron chi connectivity index (χ1n) is 9.91. The number of carbonyl (C=O) groups excluding carboxylic acids is 2. The van der Waals surface area contributed by atoms with E-state index in [0.29, 0.717) is 37.4 Å². The van der Waals surface area contributed by atoms with Gasteiger partial charge in [-0.15, -0.1) is 0 Å². The maximum absolute atomic E-state index is 12.8. The van der Waals surface area contributed by atoms with Gasteiger partial charge in [-0.25, -0.2) is 0 Å². The molecule has 0 radical (unpaired) electrons. The maximum atomic E-state index is 12.8. The van der Waals surface area contributed by atoms with Gasteiger partial charge in [-0.3, -0.25) is 19.3 Å². The van der Waals surface area contributed by atoms with Crippen molar-refractivity contribution < 1.29 is 14.3 Å². The van der Waals surface area contributed by atoms with Crippen molar-refractivity contribution in [3.8, 4) is 0 Å². The number of likely N-dealkylation sites (tertiary alicyclic amines) is 1. The first kappa shape index (κ1) is 19.6. The maximum Gasteiger partial charge on any atom is 0.274 e. The van der Waals surface area contributed by atoms with Crippen molar-refractivity contribution in [2.24, 2.45) is 7.05 Å². The lowest BCUT2D eigenvalue weighted by molar-refractivity contribution is -0.0990. The molecule has 4 heterocycles. The van der Waals surface area contributed by atoms with Gasteiger partial charge in [0, 0.05) is 64.3 Å². The number of pyridine rings is 1. The third kappa shape index (κ3) is 3.53. The standard InChI is InChI=1S/C21H27N5O3/c1-14-9-15(12-22-11-14)19(27)26-7-5-21(6-8-26)10-17-16(13-29-21)18(23-25(17)4)20(28)24(2)3/h9,11-12H,5-8,10,13H2,1-4H3. The fraction of sp³-hybridized carbons (Fsp3) is 0.524. The second-order valence-corrected chi connectivity index (χ2v) is 8.29. The normalized spacial score (nSPS) is 17.9. The molecular formula is C21H27N5O3. The molecule has 2 amide bonds. The van der Waals surface area contributed by atoms with Gasteiger partial charge in [-0.1, -0.05) is 0 Å². The molecule has 2 aromatic heterocycles. The highest BCUT2D eigenvalue weighted by atomic mass is 16.5. The van der Waals surface area contributed by atoms with E-state index in [2.05, 4.69) is 10.1 Å². The van der Waals surface area contributed by atoms with Gasteiger partial charge in [0.25, 0.3) is 11.8 Å². The van der Waals surface area contributed by atoms with Crippen molar-refractivity contribution in [3.63, 3.8) is 0 Å². The van der Waals surface area contributed by atoms with Gasteiger partial charge >= 0.3 is 0 Å². The van der Waals surface area contributed by atoms with Crippen molar-refractivity contribution in [3.05, 3.63) is 46.5 Å². The van der Waals surface area contributed by atoms with E-state index in [-0.39, 0.29) is 17.4 Å². The van der Waals surface area contributed by atoms with Crippen molar-refractivity contribution >= 4 is 11.8 Å². The molecule has 8 heteroatoms. The Morgan fingerprint density at radius 3 is 2.59 bits per heavy atom. The predicted molar refractivity (Wildman–Crippen MR) is 107 cm³/mol. The molecular weight excluding hydrogens is 370 g/mol. The van der Waals surface area contributed by atoms with E-state index in [9.17, 15) is 9.59 Å². The van der Waals surface area contributed by atoms with Crippen LogP contribution >= 0.6 is 0 Å². The predicted octanol–water partition coefficient (Wildman–Crippen LogP) is 1.57. The Labute approximate surface area is 170 Å². The van der Waals surface area contributed by atoms with E-state index in [1.54, 1.807) is 26.5 Å². The van der Waals surface area contributed by atoms with Crippen LogP contribution in [0.3, 0.4) is 0 Å². The quantitative estimate of drug-likeness (QED) is 0.769. The van der Waals surface area contributed by atoms with Crippen molar-refractivity contribution in [1.29, 1.82) is 0 Å². The highest BCUT2D eigenvalue weighted by Crippen LogP contribution is 2.37. The topological polar surface area (TPSA) is 80.6 Å². The number of aryl methyl sites for hydroxylation is 2. The van der Waals surface area contributed by atoms with Gasteiger partial charge in [-0.05, 0) is 31.4 Å². The third-order valence-electron chi connectivity index (χ3n) is 5.98. The van der Waals surface area contributed by atoms with E-state index in [1.807, 2.05) is 29.6 Å². The number of ether oxygens (including phenoxy) is 1. The number of carbonyl (C=O) groups is 2. The lowest BCUT2D eigenvalue weighted by Crippen LogP contribution is -2.50. The molecule has 154 valence electrons. The summed E-state index contributed by atoms with van der Waals surface area (Å²) in [6, 6.07) is 1.88. The molecule has 1 fully saturated rings. The SMILES string of the molecule is Cc1cncc(C(=O)N2CCC3(CC2)Cc2c(c(C(=O)N(C)C)nn2C)CO3)c1. The summed E-state index contributed by atoms with van der Waals surface area (Å²) in [5.41, 5.74) is 3.73. The molecule has 0 unspecified atom stereocenters. The van der Waals surface area contributed by atoms with E-state index in [0.717, 1.165) is 29.7 Å². The molecule has 2 aliphatic heterocycles. The van der Waals surface area contributed by atoms with E-state index in [4.69, 9.17) is 4.74 Å². The average molecular weight is 397 g/mol. The molecule has 2 aromatic rings. The first-order valence-corrected chi connectivity index (χ1v) is 9.91. The van der Waals surface area contributed by atoms with Crippen molar-refractivity contribution in [2.75, 3.05) is 27.2 Å². The number of fused-ring (bicyclic) bond motifs is 1. The summed E-state index contributed by atoms with van der Waals surface area (Å²) in [4.78, 5) is 32.8. The zero-order valence-corrected chi connectivity index (χ0v) is 17.4. The average Bonchev–Trinajstić information content (AvgIpc) is 3.03. The largest absolute Gasteiger partial charge is 0.370 e. The minimum atomic E-state index is -0.305. The van der Waals surface area contributed by atoms with Gasteiger partial charge < -0.3 is 14.5 Å². The zero-order valence-electron chi connectivity index (χ0n) is 17.4. The molecule has 8 nitrogen and oxygen atoms in total. The first-order chi connectivity index (χ1) is 13.8. The van der Waals surface area contributed by atoms with Gasteiger partial charge in [0.1, 0.15) is 0 Å². The third-order valence-corrected chi connectivity index (χ3v) is 5.98. The van der Waals surface area contributed by atoms with Crippen molar-refractivity contribution in [1.82, 2.24) is 24.6 Å². The van der Waals surface area contributed by atoms with Gasteiger partial charge in [0.2, 0.25) is 0 Å². The fourth-order valence-corrected chi connectivity index (χ4v) is 4.23. The van der Waals surface area contributed by atoms with E-state index in [1.165, 1.54) is 4.90 Å². The van der Waals surface area contributed by atoms with Crippen LogP contribution in [0.25, 0.3) is 0 Å². The number of rotatable bonds is 2. The Kier molecular flexibility index (Phi) is 4.90. The molecule has 0 bridgehead atoms. The highest BCUT2D eigenvalue weighted by molar-refractivity contribution is 5.94.